The number of benzene rings is 4. The number of esters is 1. The number of hydrogen-bond acceptors (Lipinski definition) is 3. The molecular formula is C27H23NO3. The number of hydrogen-bond donors (Lipinski definition) is 1. The van der Waals surface area contributed by atoms with Crippen LogP contribution in [-0.4, -0.2) is 25.0 Å². The van der Waals surface area contributed by atoms with Crippen LogP contribution in [0.4, 0.5) is 0 Å². The number of carbonyl (C=O) groups excluding carboxylic acids is 2. The lowest BCUT2D eigenvalue weighted by molar-refractivity contribution is -0.142. The van der Waals surface area contributed by atoms with Crippen LogP contribution >= 0.6 is 0 Å². The van der Waals surface area contributed by atoms with Gasteiger partial charge in [0.2, 0.25) is 0 Å². The molecule has 0 aliphatic rings. The van der Waals surface area contributed by atoms with Gasteiger partial charge in [-0.25, -0.2) is 4.79 Å². The van der Waals surface area contributed by atoms with Crippen LogP contribution in [0.15, 0.2) is 97.1 Å². The minimum atomic E-state index is -0.772. The van der Waals surface area contributed by atoms with Crippen molar-refractivity contribution >= 4 is 22.6 Å². The maximum absolute atomic E-state index is 12.8. The second-order valence-corrected chi connectivity index (χ2v) is 7.38. The van der Waals surface area contributed by atoms with Crippen molar-refractivity contribution in [2.24, 2.45) is 0 Å². The van der Waals surface area contributed by atoms with Crippen molar-refractivity contribution in [1.82, 2.24) is 5.32 Å². The van der Waals surface area contributed by atoms with E-state index < -0.39 is 12.0 Å². The number of amides is 1. The van der Waals surface area contributed by atoms with Crippen LogP contribution in [0.5, 0.6) is 0 Å². The summed E-state index contributed by atoms with van der Waals surface area (Å²) in [7, 11) is 1.33. The highest BCUT2D eigenvalue weighted by atomic mass is 16.5. The number of fused-ring (bicyclic) bond motifs is 1. The molecule has 1 amide bonds. The molecule has 0 heterocycles. The van der Waals surface area contributed by atoms with Gasteiger partial charge in [-0.2, -0.15) is 0 Å². The zero-order valence-corrected chi connectivity index (χ0v) is 17.2. The molecule has 4 heteroatoms. The average molecular weight is 409 g/mol. The van der Waals surface area contributed by atoms with Crippen molar-refractivity contribution in [1.29, 1.82) is 0 Å². The van der Waals surface area contributed by atoms with Crippen LogP contribution in [0.25, 0.3) is 21.9 Å². The Bertz CT molecular complexity index is 1200. The third-order valence-electron chi connectivity index (χ3n) is 5.30. The van der Waals surface area contributed by atoms with E-state index in [4.69, 9.17) is 4.74 Å². The molecule has 0 bridgehead atoms. The molecule has 0 radical (unpaired) electrons. The van der Waals surface area contributed by atoms with Gasteiger partial charge in [-0.15, -0.1) is 0 Å². The SMILES string of the molecule is COC(=O)[C@@H](Cc1ccc(-c2ccccc2)cc1)NC(=O)c1ccc2ccccc2c1. The Morgan fingerprint density at radius 2 is 1.42 bits per heavy atom. The molecule has 0 fully saturated rings. The summed E-state index contributed by atoms with van der Waals surface area (Å²) in [5, 5.41) is 4.86. The third-order valence-corrected chi connectivity index (χ3v) is 5.30. The predicted octanol–water partition coefficient (Wildman–Crippen LogP) is 5.02. The molecule has 0 aliphatic carbocycles. The van der Waals surface area contributed by atoms with E-state index in [0.717, 1.165) is 27.5 Å². The Morgan fingerprint density at radius 1 is 0.774 bits per heavy atom. The van der Waals surface area contributed by atoms with E-state index in [-0.39, 0.29) is 5.91 Å². The fraction of sp³-hybridized carbons (Fsp3) is 0.111. The van der Waals surface area contributed by atoms with Crippen LogP contribution in [0, 0.1) is 0 Å². The summed E-state index contributed by atoms with van der Waals surface area (Å²) < 4.78 is 4.93. The summed E-state index contributed by atoms with van der Waals surface area (Å²) >= 11 is 0. The van der Waals surface area contributed by atoms with Gasteiger partial charge in [-0.3, -0.25) is 4.79 Å². The Labute approximate surface area is 181 Å². The zero-order valence-electron chi connectivity index (χ0n) is 17.2. The lowest BCUT2D eigenvalue weighted by Gasteiger charge is -2.17. The monoisotopic (exact) mass is 409 g/mol. The lowest BCUT2D eigenvalue weighted by atomic mass is 10.0. The highest BCUT2D eigenvalue weighted by molar-refractivity contribution is 6.00. The summed E-state index contributed by atoms with van der Waals surface area (Å²) in [6.07, 6.45) is 0.348. The van der Waals surface area contributed by atoms with Crippen molar-refractivity contribution < 1.29 is 14.3 Å². The number of methoxy groups -OCH3 is 1. The number of ether oxygens (including phenoxy) is 1. The van der Waals surface area contributed by atoms with Crippen molar-refractivity contribution in [3.63, 3.8) is 0 Å². The second kappa shape index (κ2) is 9.26. The Hall–Kier alpha value is -3.92. The van der Waals surface area contributed by atoms with Crippen molar-refractivity contribution in [3.8, 4) is 11.1 Å². The van der Waals surface area contributed by atoms with Crippen LogP contribution in [0.3, 0.4) is 0 Å². The molecule has 4 aromatic carbocycles. The normalized spacial score (nSPS) is 11.6. The van der Waals surface area contributed by atoms with Crippen molar-refractivity contribution in [3.05, 3.63) is 108 Å². The van der Waals surface area contributed by atoms with Crippen LogP contribution in [0.1, 0.15) is 15.9 Å². The standard InChI is InChI=1S/C27H23NO3/c1-31-27(30)25(17-19-11-13-22(14-12-19)20-7-3-2-4-8-20)28-26(29)24-16-15-21-9-5-6-10-23(21)18-24/h2-16,18,25H,17H2,1H3,(H,28,29)/t25-/m1/s1. The van der Waals surface area contributed by atoms with Gasteiger partial charge < -0.3 is 10.1 Å². The molecule has 4 nitrogen and oxygen atoms in total. The predicted molar refractivity (Wildman–Crippen MR) is 123 cm³/mol. The molecule has 0 aliphatic heterocycles. The van der Waals surface area contributed by atoms with E-state index >= 15 is 0 Å². The minimum absolute atomic E-state index is 0.304. The van der Waals surface area contributed by atoms with Gasteiger partial charge >= 0.3 is 5.97 Å². The minimum Gasteiger partial charge on any atom is -0.467 e. The molecule has 4 rings (SSSR count). The first-order valence-electron chi connectivity index (χ1n) is 10.2. The maximum atomic E-state index is 12.8. The van der Waals surface area contributed by atoms with E-state index in [1.165, 1.54) is 7.11 Å². The summed E-state index contributed by atoms with van der Waals surface area (Å²) in [5.41, 5.74) is 3.67. The number of rotatable bonds is 6. The van der Waals surface area contributed by atoms with Gasteiger partial charge in [0.25, 0.3) is 5.91 Å². The molecular weight excluding hydrogens is 386 g/mol. The molecule has 31 heavy (non-hydrogen) atoms. The first kappa shape index (κ1) is 20.4. The first-order chi connectivity index (χ1) is 15.1. The van der Waals surface area contributed by atoms with E-state index in [0.29, 0.717) is 12.0 Å². The molecule has 1 atom stereocenters. The molecule has 0 spiro atoms. The summed E-state index contributed by atoms with van der Waals surface area (Å²) in [6.45, 7) is 0. The van der Waals surface area contributed by atoms with Gasteiger partial charge in [0.05, 0.1) is 7.11 Å². The topological polar surface area (TPSA) is 55.4 Å². The van der Waals surface area contributed by atoms with E-state index in [2.05, 4.69) is 17.4 Å². The van der Waals surface area contributed by atoms with Crippen molar-refractivity contribution in [2.75, 3.05) is 7.11 Å². The molecule has 4 aromatic rings. The molecule has 0 aromatic heterocycles. The van der Waals surface area contributed by atoms with Crippen LogP contribution in [-0.2, 0) is 16.0 Å². The van der Waals surface area contributed by atoms with Gasteiger partial charge in [-0.05, 0) is 39.6 Å². The molecule has 0 saturated heterocycles. The summed E-state index contributed by atoms with van der Waals surface area (Å²) in [4.78, 5) is 25.2. The van der Waals surface area contributed by atoms with E-state index in [9.17, 15) is 9.59 Å². The van der Waals surface area contributed by atoms with Crippen molar-refractivity contribution in [2.45, 2.75) is 12.5 Å². The van der Waals surface area contributed by atoms with Crippen LogP contribution in [0.2, 0.25) is 0 Å². The largest absolute Gasteiger partial charge is 0.467 e. The first-order valence-corrected chi connectivity index (χ1v) is 10.2. The highest BCUT2D eigenvalue weighted by Crippen LogP contribution is 2.20. The quantitative estimate of drug-likeness (QED) is 0.455. The molecule has 0 saturated carbocycles. The highest BCUT2D eigenvalue weighted by Gasteiger charge is 2.22. The smallest absolute Gasteiger partial charge is 0.328 e. The fourth-order valence-corrected chi connectivity index (χ4v) is 3.61. The Kier molecular flexibility index (Phi) is 6.08. The molecule has 154 valence electrons. The zero-order chi connectivity index (χ0) is 21.6. The Morgan fingerprint density at radius 3 is 2.13 bits per heavy atom. The molecule has 1 N–H and O–H groups in total. The van der Waals surface area contributed by atoms with E-state index in [1.54, 1.807) is 6.07 Å². The maximum Gasteiger partial charge on any atom is 0.328 e. The van der Waals surface area contributed by atoms with Gasteiger partial charge in [0.15, 0.2) is 0 Å². The lowest BCUT2D eigenvalue weighted by Crippen LogP contribution is -2.43. The average Bonchev–Trinajstić information content (AvgIpc) is 2.83. The van der Waals surface area contributed by atoms with Gasteiger partial charge in [0, 0.05) is 12.0 Å². The fourth-order valence-electron chi connectivity index (χ4n) is 3.61. The Balaban J connectivity index is 1.50. The second-order valence-electron chi connectivity index (χ2n) is 7.38. The van der Waals surface area contributed by atoms with Gasteiger partial charge in [0.1, 0.15) is 6.04 Å². The van der Waals surface area contributed by atoms with Crippen LogP contribution < -0.4 is 5.32 Å². The number of nitrogens with one attached hydrogen (secondary N) is 1. The summed E-state index contributed by atoms with van der Waals surface area (Å²) in [5.74, 6) is -0.775. The van der Waals surface area contributed by atoms with Gasteiger partial charge in [-0.1, -0.05) is 84.9 Å². The third kappa shape index (κ3) is 4.81. The molecule has 0 unspecified atom stereocenters. The number of carbonyl (C=O) groups is 2. The summed E-state index contributed by atoms with van der Waals surface area (Å²) in [6, 6.07) is 30.6. The van der Waals surface area contributed by atoms with E-state index in [1.807, 2.05) is 78.9 Å².